The fourth-order valence-electron chi connectivity index (χ4n) is 5.38. The number of nitrogens with zero attached hydrogens (tertiary/aromatic N) is 5. The molecule has 5 rings (SSSR count). The summed E-state index contributed by atoms with van der Waals surface area (Å²) in [6, 6.07) is 6.09. The summed E-state index contributed by atoms with van der Waals surface area (Å²) in [6.07, 6.45) is 6.30. The number of aromatic nitrogens is 3. The normalized spacial score (nSPS) is 21.4. The van der Waals surface area contributed by atoms with E-state index in [1.165, 1.54) is 44.2 Å². The number of nitrogens with one attached hydrogen (secondary N) is 1. The molecular weight excluding hydrogens is 423 g/mol. The van der Waals surface area contributed by atoms with Crippen molar-refractivity contribution in [2.75, 3.05) is 32.7 Å². The van der Waals surface area contributed by atoms with Crippen molar-refractivity contribution in [2.45, 2.75) is 51.1 Å². The van der Waals surface area contributed by atoms with Crippen molar-refractivity contribution in [3.8, 4) is 0 Å². The highest BCUT2D eigenvalue weighted by Gasteiger charge is 2.38. The molecule has 9 heteroatoms. The molecule has 3 aliphatic rings. The summed E-state index contributed by atoms with van der Waals surface area (Å²) in [5, 5.41) is 11.7. The maximum atomic E-state index is 13.5. The maximum Gasteiger partial charge on any atom is 0.289 e. The first-order valence-corrected chi connectivity index (χ1v) is 12.1. The fraction of sp³-hybridized carbons (Fsp3) is 0.583. The zero-order valence-corrected chi connectivity index (χ0v) is 18.9. The molecule has 1 atom stereocenters. The SMILES string of the molecule is O=C(NCC1CCCCC1)c1nnc2n1CCN1CCN(C(=O)Cc3cccc(F)c3)C[C@H]21. The number of hydrogen-bond acceptors (Lipinski definition) is 5. The van der Waals surface area contributed by atoms with Gasteiger partial charge in [0.1, 0.15) is 5.82 Å². The van der Waals surface area contributed by atoms with Crippen LogP contribution in [0.5, 0.6) is 0 Å². The highest BCUT2D eigenvalue weighted by atomic mass is 19.1. The Morgan fingerprint density at radius 2 is 1.88 bits per heavy atom. The van der Waals surface area contributed by atoms with Gasteiger partial charge < -0.3 is 14.8 Å². The Hall–Kier alpha value is -2.81. The van der Waals surface area contributed by atoms with Gasteiger partial charge >= 0.3 is 0 Å². The van der Waals surface area contributed by atoms with E-state index < -0.39 is 0 Å². The summed E-state index contributed by atoms with van der Waals surface area (Å²) in [6.45, 7) is 4.03. The number of amides is 2. The molecule has 1 aromatic heterocycles. The van der Waals surface area contributed by atoms with Gasteiger partial charge in [0.2, 0.25) is 11.7 Å². The maximum absolute atomic E-state index is 13.5. The minimum absolute atomic E-state index is 0.0256. The average Bonchev–Trinajstić information content (AvgIpc) is 3.28. The number of rotatable bonds is 5. The first-order valence-electron chi connectivity index (χ1n) is 12.1. The third-order valence-corrected chi connectivity index (χ3v) is 7.26. The molecule has 176 valence electrons. The molecule has 1 saturated carbocycles. The minimum atomic E-state index is -0.334. The van der Waals surface area contributed by atoms with Crippen LogP contribution in [-0.2, 0) is 17.8 Å². The molecule has 0 spiro atoms. The van der Waals surface area contributed by atoms with E-state index in [-0.39, 0.29) is 30.1 Å². The van der Waals surface area contributed by atoms with E-state index in [0.717, 1.165) is 18.9 Å². The largest absolute Gasteiger partial charge is 0.349 e. The number of piperazine rings is 1. The molecule has 3 heterocycles. The second-order valence-electron chi connectivity index (χ2n) is 9.45. The molecule has 2 aromatic rings. The zero-order chi connectivity index (χ0) is 22.8. The van der Waals surface area contributed by atoms with E-state index in [9.17, 15) is 14.0 Å². The van der Waals surface area contributed by atoms with Crippen LogP contribution in [0.15, 0.2) is 24.3 Å². The molecule has 0 unspecified atom stereocenters. The molecule has 0 radical (unpaired) electrons. The van der Waals surface area contributed by atoms with Crippen molar-refractivity contribution >= 4 is 11.8 Å². The summed E-state index contributed by atoms with van der Waals surface area (Å²) in [5.74, 6) is 1.14. The Kier molecular flexibility index (Phi) is 6.39. The lowest BCUT2D eigenvalue weighted by Crippen LogP contribution is -2.54. The van der Waals surface area contributed by atoms with Gasteiger partial charge in [-0.2, -0.15) is 0 Å². The highest BCUT2D eigenvalue weighted by Crippen LogP contribution is 2.29. The zero-order valence-electron chi connectivity index (χ0n) is 18.9. The predicted octanol–water partition coefficient (Wildman–Crippen LogP) is 2.17. The number of fused-ring (bicyclic) bond motifs is 3. The highest BCUT2D eigenvalue weighted by molar-refractivity contribution is 5.90. The number of halogens is 1. The van der Waals surface area contributed by atoms with Gasteiger partial charge in [-0.3, -0.25) is 14.5 Å². The Labute approximate surface area is 193 Å². The Balaban J connectivity index is 1.24. The first kappa shape index (κ1) is 22.0. The van der Waals surface area contributed by atoms with Crippen LogP contribution in [0.2, 0.25) is 0 Å². The van der Waals surface area contributed by atoms with Gasteiger partial charge in [-0.1, -0.05) is 31.4 Å². The molecule has 1 saturated heterocycles. The Morgan fingerprint density at radius 1 is 1.06 bits per heavy atom. The minimum Gasteiger partial charge on any atom is -0.349 e. The van der Waals surface area contributed by atoms with Crippen molar-refractivity contribution in [1.82, 2.24) is 29.9 Å². The summed E-state index contributed by atoms with van der Waals surface area (Å²) in [7, 11) is 0. The quantitative estimate of drug-likeness (QED) is 0.749. The fourth-order valence-corrected chi connectivity index (χ4v) is 5.38. The smallest absolute Gasteiger partial charge is 0.289 e. The molecule has 33 heavy (non-hydrogen) atoms. The van der Waals surface area contributed by atoms with Crippen LogP contribution in [0.1, 0.15) is 60.2 Å². The van der Waals surface area contributed by atoms with Gasteiger partial charge in [-0.05, 0) is 36.5 Å². The number of carbonyl (C=O) groups excluding carboxylic acids is 2. The molecule has 1 aliphatic carbocycles. The van der Waals surface area contributed by atoms with E-state index in [1.807, 2.05) is 9.47 Å². The summed E-state index contributed by atoms with van der Waals surface area (Å²) >= 11 is 0. The van der Waals surface area contributed by atoms with Crippen LogP contribution in [0.4, 0.5) is 4.39 Å². The monoisotopic (exact) mass is 454 g/mol. The van der Waals surface area contributed by atoms with Gasteiger partial charge in [0.25, 0.3) is 5.91 Å². The molecule has 8 nitrogen and oxygen atoms in total. The molecule has 1 aromatic carbocycles. The van der Waals surface area contributed by atoms with E-state index in [1.54, 1.807) is 12.1 Å². The van der Waals surface area contributed by atoms with Crippen LogP contribution in [0, 0.1) is 11.7 Å². The van der Waals surface area contributed by atoms with Gasteiger partial charge in [0, 0.05) is 39.3 Å². The molecule has 2 aliphatic heterocycles. The summed E-state index contributed by atoms with van der Waals surface area (Å²) < 4.78 is 15.4. The second kappa shape index (κ2) is 9.59. The van der Waals surface area contributed by atoms with E-state index >= 15 is 0 Å². The van der Waals surface area contributed by atoms with Crippen molar-refractivity contribution in [2.24, 2.45) is 5.92 Å². The van der Waals surface area contributed by atoms with Crippen LogP contribution in [0.3, 0.4) is 0 Å². The number of benzene rings is 1. The predicted molar refractivity (Wildman–Crippen MR) is 120 cm³/mol. The van der Waals surface area contributed by atoms with Gasteiger partial charge in [-0.25, -0.2) is 4.39 Å². The molecule has 2 amide bonds. The van der Waals surface area contributed by atoms with Gasteiger partial charge in [0.15, 0.2) is 5.82 Å². The van der Waals surface area contributed by atoms with Crippen molar-refractivity contribution < 1.29 is 14.0 Å². The van der Waals surface area contributed by atoms with Crippen LogP contribution in [-0.4, -0.2) is 69.1 Å². The standard InChI is InChI=1S/C24H31FN6O2/c25-19-8-4-7-18(13-19)14-21(32)30-10-9-29-11-12-31-22(20(29)16-30)27-28-23(31)24(33)26-15-17-5-2-1-3-6-17/h4,7-8,13,17,20H,1-3,5-6,9-12,14-16H2,(H,26,33)/t20-/m1/s1. The molecule has 1 N–H and O–H groups in total. The number of hydrogen-bond donors (Lipinski definition) is 1. The van der Waals surface area contributed by atoms with Crippen molar-refractivity contribution in [3.63, 3.8) is 0 Å². The van der Waals surface area contributed by atoms with Gasteiger partial charge in [0.05, 0.1) is 12.5 Å². The topological polar surface area (TPSA) is 83.4 Å². The third kappa shape index (κ3) is 4.78. The lowest BCUT2D eigenvalue weighted by atomic mass is 9.89. The van der Waals surface area contributed by atoms with E-state index in [2.05, 4.69) is 20.4 Å². The van der Waals surface area contributed by atoms with Gasteiger partial charge in [-0.15, -0.1) is 10.2 Å². The second-order valence-corrected chi connectivity index (χ2v) is 9.45. The summed E-state index contributed by atoms with van der Waals surface area (Å²) in [4.78, 5) is 29.9. The Morgan fingerprint density at radius 3 is 2.70 bits per heavy atom. The van der Waals surface area contributed by atoms with Crippen molar-refractivity contribution in [1.29, 1.82) is 0 Å². The van der Waals surface area contributed by atoms with E-state index in [4.69, 9.17) is 0 Å². The van der Waals surface area contributed by atoms with Crippen LogP contribution >= 0.6 is 0 Å². The molecule has 2 fully saturated rings. The Bertz CT molecular complexity index is 1020. The lowest BCUT2D eigenvalue weighted by Gasteiger charge is -2.43. The van der Waals surface area contributed by atoms with Crippen LogP contribution in [0.25, 0.3) is 0 Å². The first-order chi connectivity index (χ1) is 16.1. The van der Waals surface area contributed by atoms with Crippen molar-refractivity contribution in [3.05, 3.63) is 47.3 Å². The molecular formula is C24H31FN6O2. The average molecular weight is 455 g/mol. The third-order valence-electron chi connectivity index (χ3n) is 7.26. The van der Waals surface area contributed by atoms with Crippen LogP contribution < -0.4 is 5.32 Å². The lowest BCUT2D eigenvalue weighted by molar-refractivity contribution is -0.134. The van der Waals surface area contributed by atoms with E-state index in [0.29, 0.717) is 43.5 Å². The number of carbonyl (C=O) groups is 2. The summed E-state index contributed by atoms with van der Waals surface area (Å²) in [5.41, 5.74) is 0.672. The molecule has 0 bridgehead atoms.